The molecule has 136 valence electrons. The van der Waals surface area contributed by atoms with Crippen molar-refractivity contribution in [3.05, 3.63) is 29.8 Å². The van der Waals surface area contributed by atoms with E-state index in [0.29, 0.717) is 26.2 Å². The summed E-state index contributed by atoms with van der Waals surface area (Å²) in [6.07, 6.45) is 2.34. The Morgan fingerprint density at radius 3 is 2.52 bits per heavy atom. The lowest BCUT2D eigenvalue weighted by Gasteiger charge is -2.42. The molecule has 3 rings (SSSR count). The highest BCUT2D eigenvalue weighted by Crippen LogP contribution is 2.32. The third-order valence-electron chi connectivity index (χ3n) is 5.20. The maximum absolute atomic E-state index is 13.0. The number of likely N-dealkylation sites (tertiary alicyclic amines) is 1. The molecule has 0 aromatic heterocycles. The lowest BCUT2D eigenvalue weighted by Crippen LogP contribution is -2.53. The van der Waals surface area contributed by atoms with Gasteiger partial charge in [-0.25, -0.2) is 0 Å². The molecule has 0 radical (unpaired) electrons. The molecule has 1 atom stereocenters. The fourth-order valence-electron chi connectivity index (χ4n) is 3.80. The minimum Gasteiger partial charge on any atom is -0.496 e. The van der Waals surface area contributed by atoms with E-state index in [9.17, 15) is 9.59 Å². The molecule has 2 amide bonds. The molecule has 1 aromatic carbocycles. The molecule has 2 fully saturated rings. The predicted octanol–water partition coefficient (Wildman–Crippen LogP) is 1.52. The largest absolute Gasteiger partial charge is 0.496 e. The molecule has 0 unspecified atom stereocenters. The smallest absolute Gasteiger partial charge is 0.237 e. The number of benzene rings is 1. The van der Waals surface area contributed by atoms with Crippen LogP contribution in [0.4, 0.5) is 0 Å². The van der Waals surface area contributed by atoms with Crippen molar-refractivity contribution in [1.82, 2.24) is 14.7 Å². The van der Waals surface area contributed by atoms with Crippen molar-refractivity contribution < 1.29 is 14.3 Å². The Labute approximate surface area is 149 Å². The quantitative estimate of drug-likeness (QED) is 0.830. The number of methoxy groups -OCH3 is 1. The van der Waals surface area contributed by atoms with Crippen LogP contribution in [-0.4, -0.2) is 72.9 Å². The van der Waals surface area contributed by atoms with E-state index in [0.717, 1.165) is 24.4 Å². The maximum Gasteiger partial charge on any atom is 0.237 e. The Kier molecular flexibility index (Phi) is 5.58. The lowest BCUT2D eigenvalue weighted by atomic mass is 10.0. The summed E-state index contributed by atoms with van der Waals surface area (Å²) in [5, 5.41) is 0. The van der Waals surface area contributed by atoms with Crippen LogP contribution in [0, 0.1) is 0 Å². The molecule has 6 heteroatoms. The first-order chi connectivity index (χ1) is 12.1. The molecule has 25 heavy (non-hydrogen) atoms. The highest BCUT2D eigenvalue weighted by Gasteiger charge is 2.34. The second-order valence-electron chi connectivity index (χ2n) is 6.79. The minimum absolute atomic E-state index is 0.0477. The summed E-state index contributed by atoms with van der Waals surface area (Å²) in [7, 11) is 1.64. The maximum atomic E-state index is 13.0. The fourth-order valence-corrected chi connectivity index (χ4v) is 3.80. The Morgan fingerprint density at radius 1 is 1.12 bits per heavy atom. The zero-order chi connectivity index (χ0) is 17.8. The number of hydrogen-bond donors (Lipinski definition) is 0. The van der Waals surface area contributed by atoms with Crippen LogP contribution in [0.5, 0.6) is 5.75 Å². The first-order valence-electron chi connectivity index (χ1n) is 9.00. The van der Waals surface area contributed by atoms with Crippen LogP contribution >= 0.6 is 0 Å². The van der Waals surface area contributed by atoms with Gasteiger partial charge in [-0.2, -0.15) is 0 Å². The number of para-hydroxylation sites is 1. The van der Waals surface area contributed by atoms with E-state index in [-0.39, 0.29) is 17.9 Å². The van der Waals surface area contributed by atoms with Gasteiger partial charge < -0.3 is 14.5 Å². The normalized spacial score (nSPS) is 21.4. The standard InChI is InChI=1S/C19H27N3O3/c1-15(23)21-11-12-22(19(24)14-20-9-5-6-10-20)17(13-21)16-7-3-4-8-18(16)25-2/h3-4,7-8,17H,5-6,9-14H2,1-2H3/t17-/m1/s1. The zero-order valence-electron chi connectivity index (χ0n) is 15.1. The van der Waals surface area contributed by atoms with Crippen molar-refractivity contribution in [2.24, 2.45) is 0 Å². The molecule has 2 saturated heterocycles. The molecule has 2 aliphatic rings. The highest BCUT2D eigenvalue weighted by molar-refractivity contribution is 5.80. The van der Waals surface area contributed by atoms with Gasteiger partial charge in [0, 0.05) is 32.1 Å². The van der Waals surface area contributed by atoms with Gasteiger partial charge in [0.25, 0.3) is 0 Å². The summed E-state index contributed by atoms with van der Waals surface area (Å²) in [5.74, 6) is 0.949. The summed E-state index contributed by atoms with van der Waals surface area (Å²) in [5.41, 5.74) is 0.964. The summed E-state index contributed by atoms with van der Waals surface area (Å²) in [6.45, 7) is 5.72. The minimum atomic E-state index is -0.163. The van der Waals surface area contributed by atoms with Gasteiger partial charge in [0.1, 0.15) is 5.75 Å². The van der Waals surface area contributed by atoms with E-state index in [1.165, 1.54) is 12.8 Å². The Morgan fingerprint density at radius 2 is 1.84 bits per heavy atom. The van der Waals surface area contributed by atoms with Crippen molar-refractivity contribution in [1.29, 1.82) is 0 Å². The van der Waals surface area contributed by atoms with Gasteiger partial charge in [-0.1, -0.05) is 18.2 Å². The average molecular weight is 345 g/mol. The molecule has 0 N–H and O–H groups in total. The van der Waals surface area contributed by atoms with Crippen molar-refractivity contribution in [3.63, 3.8) is 0 Å². The molecule has 0 spiro atoms. The molecule has 6 nitrogen and oxygen atoms in total. The number of amides is 2. The first-order valence-corrected chi connectivity index (χ1v) is 9.00. The Hall–Kier alpha value is -2.08. The fraction of sp³-hybridized carbons (Fsp3) is 0.579. The van der Waals surface area contributed by atoms with Crippen molar-refractivity contribution in [2.75, 3.05) is 46.4 Å². The topological polar surface area (TPSA) is 53.1 Å². The summed E-state index contributed by atoms with van der Waals surface area (Å²) in [6, 6.07) is 7.61. The van der Waals surface area contributed by atoms with E-state index >= 15 is 0 Å². The monoisotopic (exact) mass is 345 g/mol. The lowest BCUT2D eigenvalue weighted by molar-refractivity contribution is -0.142. The van der Waals surface area contributed by atoms with E-state index in [1.807, 2.05) is 34.1 Å². The second kappa shape index (κ2) is 7.87. The van der Waals surface area contributed by atoms with Crippen LogP contribution in [0.1, 0.15) is 31.4 Å². The van der Waals surface area contributed by atoms with Gasteiger partial charge in [-0.05, 0) is 32.0 Å². The molecule has 0 aliphatic carbocycles. The molecule has 2 heterocycles. The van der Waals surface area contributed by atoms with Gasteiger partial charge >= 0.3 is 0 Å². The Bertz CT molecular complexity index is 628. The number of rotatable bonds is 4. The molecular formula is C19H27N3O3. The van der Waals surface area contributed by atoms with E-state index in [4.69, 9.17) is 4.74 Å². The van der Waals surface area contributed by atoms with Crippen LogP contribution in [-0.2, 0) is 9.59 Å². The molecule has 1 aromatic rings. The van der Waals surface area contributed by atoms with E-state index < -0.39 is 0 Å². The van der Waals surface area contributed by atoms with Crippen LogP contribution in [0.25, 0.3) is 0 Å². The number of nitrogens with zero attached hydrogens (tertiary/aromatic N) is 3. The van der Waals surface area contributed by atoms with E-state index in [2.05, 4.69) is 4.90 Å². The number of piperazine rings is 1. The van der Waals surface area contributed by atoms with Crippen LogP contribution in [0.3, 0.4) is 0 Å². The van der Waals surface area contributed by atoms with Crippen molar-refractivity contribution in [2.45, 2.75) is 25.8 Å². The number of carbonyl (C=O) groups is 2. The van der Waals surface area contributed by atoms with Gasteiger partial charge in [0.05, 0.1) is 19.7 Å². The van der Waals surface area contributed by atoms with Gasteiger partial charge in [-0.3, -0.25) is 14.5 Å². The van der Waals surface area contributed by atoms with Crippen molar-refractivity contribution >= 4 is 11.8 Å². The highest BCUT2D eigenvalue weighted by atomic mass is 16.5. The van der Waals surface area contributed by atoms with Crippen molar-refractivity contribution in [3.8, 4) is 5.75 Å². The average Bonchev–Trinajstić information content (AvgIpc) is 3.14. The van der Waals surface area contributed by atoms with Gasteiger partial charge in [-0.15, -0.1) is 0 Å². The summed E-state index contributed by atoms with van der Waals surface area (Å²) in [4.78, 5) is 30.8. The molecule has 0 bridgehead atoms. The first kappa shape index (κ1) is 17.7. The van der Waals surface area contributed by atoms with E-state index in [1.54, 1.807) is 14.0 Å². The van der Waals surface area contributed by atoms with Crippen LogP contribution in [0.15, 0.2) is 24.3 Å². The number of ether oxygens (including phenoxy) is 1. The molecule has 2 aliphatic heterocycles. The molecular weight excluding hydrogens is 318 g/mol. The number of hydrogen-bond acceptors (Lipinski definition) is 4. The Balaban J connectivity index is 1.83. The van der Waals surface area contributed by atoms with Gasteiger partial charge in [0.2, 0.25) is 11.8 Å². The third-order valence-corrected chi connectivity index (χ3v) is 5.20. The van der Waals surface area contributed by atoms with Crippen LogP contribution in [0.2, 0.25) is 0 Å². The van der Waals surface area contributed by atoms with Crippen LogP contribution < -0.4 is 4.74 Å². The zero-order valence-corrected chi connectivity index (χ0v) is 15.1. The summed E-state index contributed by atoms with van der Waals surface area (Å²) >= 11 is 0. The summed E-state index contributed by atoms with van der Waals surface area (Å²) < 4.78 is 5.50. The SMILES string of the molecule is COc1ccccc1[C@H]1CN(C(C)=O)CCN1C(=O)CN1CCCC1. The third kappa shape index (κ3) is 3.95. The van der Waals surface area contributed by atoms with Gasteiger partial charge in [0.15, 0.2) is 0 Å². The molecule has 0 saturated carbocycles. The predicted molar refractivity (Wildman–Crippen MR) is 95.4 cm³/mol. The second-order valence-corrected chi connectivity index (χ2v) is 6.79. The number of carbonyl (C=O) groups excluding carboxylic acids is 2.